The zero-order valence-corrected chi connectivity index (χ0v) is 9.03. The van der Waals surface area contributed by atoms with Crippen molar-refractivity contribution in [2.24, 2.45) is 0 Å². The molecule has 0 aliphatic carbocycles. The van der Waals surface area contributed by atoms with Gasteiger partial charge >= 0.3 is 0 Å². The number of carbonyl (C=O) groups excluding carboxylic acids is 2. The van der Waals surface area contributed by atoms with Gasteiger partial charge < -0.3 is 20.3 Å². The number of carbonyl (C=O) groups is 2. The second kappa shape index (κ2) is 8.38. The van der Waals surface area contributed by atoms with Crippen molar-refractivity contribution >= 4 is 11.7 Å². The molecule has 0 radical (unpaired) electrons. The van der Waals surface area contributed by atoms with E-state index in [4.69, 9.17) is 10.2 Å². The lowest BCUT2D eigenvalue weighted by atomic mass is 10.1. The van der Waals surface area contributed by atoms with E-state index in [0.29, 0.717) is 19.3 Å². The third-order valence-corrected chi connectivity index (χ3v) is 2.00. The smallest absolute Gasteiger partial charge is 0.220 e. The fourth-order valence-corrected chi connectivity index (χ4v) is 1.16. The van der Waals surface area contributed by atoms with E-state index in [1.54, 1.807) is 0 Å². The number of hydrogen-bond donors (Lipinski definition) is 3. The van der Waals surface area contributed by atoms with Crippen LogP contribution in [0.5, 0.6) is 0 Å². The van der Waals surface area contributed by atoms with Crippen LogP contribution in [0, 0.1) is 0 Å². The molecule has 0 aromatic rings. The minimum atomic E-state index is -0.389. The van der Waals surface area contributed by atoms with Crippen LogP contribution in [-0.2, 0) is 9.59 Å². The molecule has 1 amide bonds. The lowest BCUT2D eigenvalue weighted by molar-refractivity contribution is -0.122. The minimum absolute atomic E-state index is 0.0665. The molecule has 0 aromatic carbocycles. The van der Waals surface area contributed by atoms with Gasteiger partial charge in [-0.2, -0.15) is 0 Å². The van der Waals surface area contributed by atoms with Gasteiger partial charge in [-0.05, 0) is 19.8 Å². The zero-order chi connectivity index (χ0) is 11.7. The molecule has 0 aromatic heterocycles. The highest BCUT2D eigenvalue weighted by Gasteiger charge is 2.10. The molecule has 88 valence electrons. The zero-order valence-electron chi connectivity index (χ0n) is 9.03. The highest BCUT2D eigenvalue weighted by atomic mass is 16.3. The predicted molar refractivity (Wildman–Crippen MR) is 55.3 cm³/mol. The number of Topliss-reactive ketones (excluding diaryl/α,β-unsaturated/α-hetero) is 1. The van der Waals surface area contributed by atoms with Gasteiger partial charge in [-0.1, -0.05) is 0 Å². The normalized spacial score (nSPS) is 12.2. The Kier molecular flexibility index (Phi) is 7.85. The molecular weight excluding hydrogens is 198 g/mol. The molecule has 0 rings (SSSR count). The Labute approximate surface area is 89.5 Å². The second-order valence-electron chi connectivity index (χ2n) is 3.51. The fourth-order valence-electron chi connectivity index (χ4n) is 1.16. The third-order valence-electron chi connectivity index (χ3n) is 2.00. The van der Waals surface area contributed by atoms with Crippen LogP contribution >= 0.6 is 0 Å². The average molecular weight is 217 g/mol. The molecular formula is C10H19NO4. The number of rotatable bonds is 8. The molecule has 15 heavy (non-hydrogen) atoms. The van der Waals surface area contributed by atoms with Gasteiger partial charge in [0, 0.05) is 19.4 Å². The molecule has 0 saturated carbocycles. The van der Waals surface area contributed by atoms with Gasteiger partial charge in [-0.25, -0.2) is 0 Å². The maximum Gasteiger partial charge on any atom is 0.220 e. The monoisotopic (exact) mass is 217 g/mol. The van der Waals surface area contributed by atoms with Gasteiger partial charge in [0.2, 0.25) is 5.91 Å². The van der Waals surface area contributed by atoms with Crippen LogP contribution in [0.25, 0.3) is 0 Å². The van der Waals surface area contributed by atoms with Crippen molar-refractivity contribution in [2.45, 2.75) is 38.6 Å². The van der Waals surface area contributed by atoms with E-state index in [0.717, 1.165) is 0 Å². The summed E-state index contributed by atoms with van der Waals surface area (Å²) in [4.78, 5) is 21.9. The number of ketones is 1. The number of aliphatic hydroxyl groups excluding tert-OH is 2. The van der Waals surface area contributed by atoms with E-state index >= 15 is 0 Å². The average Bonchev–Trinajstić information content (AvgIpc) is 2.16. The Balaban J connectivity index is 3.66. The Morgan fingerprint density at radius 1 is 1.27 bits per heavy atom. The third kappa shape index (κ3) is 8.08. The summed E-state index contributed by atoms with van der Waals surface area (Å²) in [6, 6.07) is -0.389. The van der Waals surface area contributed by atoms with Crippen LogP contribution in [0.15, 0.2) is 0 Å². The standard InChI is InChI=1S/C10H19NO4/c1-8(14)3-2-4-10(15)11-9(7-13)5-6-12/h9,12-13H,2-7H2,1H3,(H,11,15). The van der Waals surface area contributed by atoms with E-state index in [1.807, 2.05) is 0 Å². The first-order valence-corrected chi connectivity index (χ1v) is 5.10. The van der Waals surface area contributed by atoms with Crippen LogP contribution in [-0.4, -0.2) is 41.2 Å². The van der Waals surface area contributed by atoms with Crippen LogP contribution < -0.4 is 5.32 Å². The Bertz CT molecular complexity index is 206. The van der Waals surface area contributed by atoms with Crippen LogP contribution in [0.1, 0.15) is 32.6 Å². The van der Waals surface area contributed by atoms with E-state index in [1.165, 1.54) is 6.92 Å². The predicted octanol–water partition coefficient (Wildman–Crippen LogP) is -0.395. The molecule has 0 spiro atoms. The van der Waals surface area contributed by atoms with Gasteiger partial charge in [0.15, 0.2) is 0 Å². The number of amides is 1. The number of nitrogens with one attached hydrogen (secondary N) is 1. The summed E-state index contributed by atoms with van der Waals surface area (Å²) < 4.78 is 0. The summed E-state index contributed by atoms with van der Waals surface area (Å²) in [5.41, 5.74) is 0. The van der Waals surface area contributed by atoms with Crippen molar-refractivity contribution in [1.29, 1.82) is 0 Å². The topological polar surface area (TPSA) is 86.6 Å². The summed E-state index contributed by atoms with van der Waals surface area (Å²) >= 11 is 0. The SMILES string of the molecule is CC(=O)CCCC(=O)NC(CO)CCO. The minimum Gasteiger partial charge on any atom is -0.396 e. The van der Waals surface area contributed by atoms with Crippen LogP contribution in [0.3, 0.4) is 0 Å². The molecule has 5 heteroatoms. The first-order chi connectivity index (χ1) is 7.10. The number of aliphatic hydroxyl groups is 2. The fraction of sp³-hybridized carbons (Fsp3) is 0.800. The van der Waals surface area contributed by atoms with E-state index in [-0.39, 0.29) is 37.4 Å². The largest absolute Gasteiger partial charge is 0.396 e. The summed E-state index contributed by atoms with van der Waals surface area (Å²) in [5, 5.41) is 20.0. The van der Waals surface area contributed by atoms with Crippen molar-refractivity contribution in [2.75, 3.05) is 13.2 Å². The molecule has 0 aliphatic heterocycles. The molecule has 1 atom stereocenters. The second-order valence-corrected chi connectivity index (χ2v) is 3.51. The quantitative estimate of drug-likeness (QED) is 0.516. The molecule has 0 heterocycles. The van der Waals surface area contributed by atoms with Gasteiger partial charge in [0.05, 0.1) is 12.6 Å². The maximum absolute atomic E-state index is 11.3. The molecule has 0 fully saturated rings. The Hall–Kier alpha value is -0.940. The lowest BCUT2D eigenvalue weighted by Crippen LogP contribution is -2.38. The summed E-state index contributed by atoms with van der Waals surface area (Å²) in [5.74, 6) is -0.124. The lowest BCUT2D eigenvalue weighted by Gasteiger charge is -2.14. The first-order valence-electron chi connectivity index (χ1n) is 5.10. The molecule has 1 unspecified atom stereocenters. The first kappa shape index (κ1) is 14.1. The molecule has 0 aliphatic rings. The number of hydrogen-bond acceptors (Lipinski definition) is 4. The van der Waals surface area contributed by atoms with Crippen molar-refractivity contribution < 1.29 is 19.8 Å². The summed E-state index contributed by atoms with van der Waals surface area (Å²) in [7, 11) is 0. The van der Waals surface area contributed by atoms with Crippen LogP contribution in [0.4, 0.5) is 0 Å². The molecule has 0 saturated heterocycles. The maximum atomic E-state index is 11.3. The Morgan fingerprint density at radius 3 is 2.40 bits per heavy atom. The summed E-state index contributed by atoms with van der Waals surface area (Å²) in [6.07, 6.45) is 1.55. The van der Waals surface area contributed by atoms with E-state index in [9.17, 15) is 9.59 Å². The molecule has 0 bridgehead atoms. The van der Waals surface area contributed by atoms with Gasteiger partial charge in [0.1, 0.15) is 5.78 Å². The van der Waals surface area contributed by atoms with Gasteiger partial charge in [0.25, 0.3) is 0 Å². The van der Waals surface area contributed by atoms with Gasteiger partial charge in [-0.3, -0.25) is 4.79 Å². The summed E-state index contributed by atoms with van der Waals surface area (Å²) in [6.45, 7) is 1.23. The van der Waals surface area contributed by atoms with Crippen molar-refractivity contribution in [1.82, 2.24) is 5.32 Å². The van der Waals surface area contributed by atoms with Gasteiger partial charge in [-0.15, -0.1) is 0 Å². The van der Waals surface area contributed by atoms with Crippen molar-refractivity contribution in [3.05, 3.63) is 0 Å². The van der Waals surface area contributed by atoms with E-state index < -0.39 is 0 Å². The van der Waals surface area contributed by atoms with Crippen molar-refractivity contribution in [3.8, 4) is 0 Å². The molecule has 5 nitrogen and oxygen atoms in total. The Morgan fingerprint density at radius 2 is 1.93 bits per heavy atom. The van der Waals surface area contributed by atoms with Crippen molar-refractivity contribution in [3.63, 3.8) is 0 Å². The highest BCUT2D eigenvalue weighted by molar-refractivity contribution is 5.78. The van der Waals surface area contributed by atoms with E-state index in [2.05, 4.69) is 5.32 Å². The highest BCUT2D eigenvalue weighted by Crippen LogP contribution is 1.98. The van der Waals surface area contributed by atoms with Crippen LogP contribution in [0.2, 0.25) is 0 Å². The molecule has 3 N–H and O–H groups in total.